The molecule has 0 spiro atoms. The molecule has 1 aliphatic rings. The molecule has 2 aromatic heterocycles. The number of amides is 1. The molecule has 1 aliphatic carbocycles. The van der Waals surface area contributed by atoms with Crippen molar-refractivity contribution in [3.8, 4) is 5.82 Å². The Hall–Kier alpha value is -2.14. The fourth-order valence-electron chi connectivity index (χ4n) is 3.08. The van der Waals surface area contributed by atoms with E-state index in [2.05, 4.69) is 4.98 Å². The van der Waals surface area contributed by atoms with E-state index >= 15 is 0 Å². The average Bonchev–Trinajstić information content (AvgIpc) is 3.18. The van der Waals surface area contributed by atoms with E-state index in [1.54, 1.807) is 24.2 Å². The van der Waals surface area contributed by atoms with Gasteiger partial charge in [0.15, 0.2) is 0 Å². The summed E-state index contributed by atoms with van der Waals surface area (Å²) in [6.45, 7) is 0.380. The summed E-state index contributed by atoms with van der Waals surface area (Å²) in [5.74, 6) is 0.672. The molecule has 5 heteroatoms. The number of aliphatic hydroxyl groups is 1. The van der Waals surface area contributed by atoms with Crippen LogP contribution in [0.15, 0.2) is 42.9 Å². The lowest BCUT2D eigenvalue weighted by molar-refractivity contribution is 0.0156. The molecule has 1 amide bonds. The highest BCUT2D eigenvalue weighted by molar-refractivity contribution is 5.93. The maximum Gasteiger partial charge on any atom is 0.255 e. The van der Waals surface area contributed by atoms with Crippen molar-refractivity contribution in [3.63, 3.8) is 0 Å². The molecule has 0 radical (unpaired) electrons. The van der Waals surface area contributed by atoms with E-state index in [4.69, 9.17) is 0 Å². The molecular weight excluding hydrogens is 278 g/mol. The number of hydrogen-bond donors (Lipinski definition) is 1. The van der Waals surface area contributed by atoms with Crippen LogP contribution in [0.25, 0.3) is 5.82 Å². The second kappa shape index (κ2) is 5.93. The molecule has 0 aromatic carbocycles. The van der Waals surface area contributed by atoms with Gasteiger partial charge in [-0.2, -0.15) is 0 Å². The van der Waals surface area contributed by atoms with Crippen molar-refractivity contribution in [2.75, 3.05) is 13.6 Å². The number of carbonyl (C=O) groups is 1. The standard InChI is InChI=1S/C17H21N3O2/c1-19(13-17(22)8-2-3-9-17)16(21)14-6-7-15(18-12-14)20-10-4-5-11-20/h4-7,10-12,22H,2-3,8-9,13H2,1H3. The van der Waals surface area contributed by atoms with Crippen molar-refractivity contribution in [1.29, 1.82) is 0 Å². The van der Waals surface area contributed by atoms with Gasteiger partial charge in [-0.15, -0.1) is 0 Å². The molecule has 2 heterocycles. The summed E-state index contributed by atoms with van der Waals surface area (Å²) in [4.78, 5) is 18.4. The van der Waals surface area contributed by atoms with Gasteiger partial charge in [-0.25, -0.2) is 4.98 Å². The number of likely N-dealkylation sites (N-methyl/N-ethyl adjacent to an activating group) is 1. The highest BCUT2D eigenvalue weighted by Gasteiger charge is 2.33. The minimum absolute atomic E-state index is 0.105. The van der Waals surface area contributed by atoms with Gasteiger partial charge >= 0.3 is 0 Å². The zero-order valence-electron chi connectivity index (χ0n) is 12.8. The van der Waals surface area contributed by atoms with Crippen LogP contribution in [-0.4, -0.2) is 44.7 Å². The summed E-state index contributed by atoms with van der Waals surface area (Å²) in [5, 5.41) is 10.4. The van der Waals surface area contributed by atoms with Crippen LogP contribution in [-0.2, 0) is 0 Å². The quantitative estimate of drug-likeness (QED) is 0.942. The zero-order valence-corrected chi connectivity index (χ0v) is 12.8. The lowest BCUT2D eigenvalue weighted by Gasteiger charge is -2.28. The summed E-state index contributed by atoms with van der Waals surface area (Å²) in [5.41, 5.74) is -0.178. The number of pyridine rings is 1. The molecule has 5 nitrogen and oxygen atoms in total. The Balaban J connectivity index is 1.69. The molecular formula is C17H21N3O2. The molecule has 1 N–H and O–H groups in total. The maximum atomic E-state index is 12.4. The zero-order chi connectivity index (χ0) is 15.6. The summed E-state index contributed by atoms with van der Waals surface area (Å²) in [6, 6.07) is 7.46. The Morgan fingerprint density at radius 3 is 2.59 bits per heavy atom. The van der Waals surface area contributed by atoms with Crippen LogP contribution in [0.5, 0.6) is 0 Å². The van der Waals surface area contributed by atoms with Crippen molar-refractivity contribution in [3.05, 3.63) is 48.4 Å². The Morgan fingerprint density at radius 1 is 1.32 bits per heavy atom. The van der Waals surface area contributed by atoms with Crippen LogP contribution in [0.2, 0.25) is 0 Å². The van der Waals surface area contributed by atoms with Crippen LogP contribution < -0.4 is 0 Å². The first-order valence-corrected chi connectivity index (χ1v) is 7.65. The van der Waals surface area contributed by atoms with Crippen molar-refractivity contribution in [2.45, 2.75) is 31.3 Å². The van der Waals surface area contributed by atoms with Gasteiger partial charge in [-0.3, -0.25) is 4.79 Å². The number of aromatic nitrogens is 2. The predicted molar refractivity (Wildman–Crippen MR) is 83.9 cm³/mol. The van der Waals surface area contributed by atoms with Crippen LogP contribution in [0.1, 0.15) is 36.0 Å². The Kier molecular flexibility index (Phi) is 3.98. The first-order valence-electron chi connectivity index (χ1n) is 7.65. The molecule has 2 aromatic rings. The fourth-order valence-corrected chi connectivity index (χ4v) is 3.08. The lowest BCUT2D eigenvalue weighted by Crippen LogP contribution is -2.42. The van der Waals surface area contributed by atoms with Gasteiger partial charge in [0.2, 0.25) is 0 Å². The van der Waals surface area contributed by atoms with E-state index in [1.165, 1.54) is 0 Å². The highest BCUT2D eigenvalue weighted by atomic mass is 16.3. The molecule has 0 bridgehead atoms. The van der Waals surface area contributed by atoms with E-state index in [0.717, 1.165) is 31.5 Å². The molecule has 1 saturated carbocycles. The van der Waals surface area contributed by atoms with E-state index in [0.29, 0.717) is 12.1 Å². The van der Waals surface area contributed by atoms with Crippen LogP contribution >= 0.6 is 0 Å². The monoisotopic (exact) mass is 299 g/mol. The molecule has 116 valence electrons. The third kappa shape index (κ3) is 3.04. The van der Waals surface area contributed by atoms with E-state index in [-0.39, 0.29) is 5.91 Å². The van der Waals surface area contributed by atoms with E-state index in [1.807, 2.05) is 35.2 Å². The minimum Gasteiger partial charge on any atom is -0.388 e. The van der Waals surface area contributed by atoms with Gasteiger partial charge < -0.3 is 14.6 Å². The molecule has 0 aliphatic heterocycles. The van der Waals surface area contributed by atoms with Gasteiger partial charge in [0.25, 0.3) is 5.91 Å². The first kappa shape index (κ1) is 14.8. The van der Waals surface area contributed by atoms with Crippen LogP contribution in [0.4, 0.5) is 0 Å². The van der Waals surface area contributed by atoms with Gasteiger partial charge in [0, 0.05) is 32.2 Å². The van der Waals surface area contributed by atoms with Gasteiger partial charge in [0.1, 0.15) is 5.82 Å². The molecule has 3 rings (SSSR count). The topological polar surface area (TPSA) is 58.4 Å². The second-order valence-electron chi connectivity index (χ2n) is 6.09. The minimum atomic E-state index is -0.719. The van der Waals surface area contributed by atoms with E-state index < -0.39 is 5.60 Å². The smallest absolute Gasteiger partial charge is 0.255 e. The van der Waals surface area contributed by atoms with Crippen molar-refractivity contribution in [1.82, 2.24) is 14.5 Å². The molecule has 0 unspecified atom stereocenters. The SMILES string of the molecule is CN(CC1(O)CCCC1)C(=O)c1ccc(-n2cccc2)nc1. The first-order chi connectivity index (χ1) is 10.6. The number of carbonyl (C=O) groups excluding carboxylic acids is 1. The molecule has 0 saturated heterocycles. The van der Waals surface area contributed by atoms with Crippen LogP contribution in [0, 0.1) is 0 Å². The Labute approximate surface area is 130 Å². The third-order valence-electron chi connectivity index (χ3n) is 4.28. The Bertz CT molecular complexity index is 628. The largest absolute Gasteiger partial charge is 0.388 e. The summed E-state index contributed by atoms with van der Waals surface area (Å²) in [7, 11) is 1.73. The summed E-state index contributed by atoms with van der Waals surface area (Å²) >= 11 is 0. The average molecular weight is 299 g/mol. The van der Waals surface area contributed by atoms with Gasteiger partial charge in [0.05, 0.1) is 11.2 Å². The van der Waals surface area contributed by atoms with Crippen molar-refractivity contribution >= 4 is 5.91 Å². The molecule has 1 fully saturated rings. The number of rotatable bonds is 4. The second-order valence-corrected chi connectivity index (χ2v) is 6.09. The fraction of sp³-hybridized carbons (Fsp3) is 0.412. The summed E-state index contributed by atoms with van der Waals surface area (Å²) in [6.07, 6.45) is 9.02. The molecule has 0 atom stereocenters. The third-order valence-corrected chi connectivity index (χ3v) is 4.28. The Morgan fingerprint density at radius 2 is 2.00 bits per heavy atom. The normalized spacial score (nSPS) is 16.6. The van der Waals surface area contributed by atoms with E-state index in [9.17, 15) is 9.90 Å². The predicted octanol–water partition coefficient (Wildman–Crippen LogP) is 2.25. The summed E-state index contributed by atoms with van der Waals surface area (Å²) < 4.78 is 1.89. The highest BCUT2D eigenvalue weighted by Crippen LogP contribution is 2.30. The van der Waals surface area contributed by atoms with Crippen LogP contribution in [0.3, 0.4) is 0 Å². The molecule has 22 heavy (non-hydrogen) atoms. The van der Waals surface area contributed by atoms with Crippen molar-refractivity contribution in [2.24, 2.45) is 0 Å². The number of nitrogens with zero attached hydrogens (tertiary/aromatic N) is 3. The van der Waals surface area contributed by atoms with Gasteiger partial charge in [-0.1, -0.05) is 12.8 Å². The van der Waals surface area contributed by atoms with Crippen molar-refractivity contribution < 1.29 is 9.90 Å². The maximum absolute atomic E-state index is 12.4. The number of hydrogen-bond acceptors (Lipinski definition) is 3. The lowest BCUT2D eigenvalue weighted by atomic mass is 10.0. The van der Waals surface area contributed by atoms with Gasteiger partial charge in [-0.05, 0) is 37.1 Å².